The minimum atomic E-state index is -0.953. The summed E-state index contributed by atoms with van der Waals surface area (Å²) in [6.07, 6.45) is 1.85. The maximum Gasteiger partial charge on any atom is 0.335 e. The number of aryl methyl sites for hydroxylation is 1. The number of ether oxygens (including phenoxy) is 2. The van der Waals surface area contributed by atoms with Gasteiger partial charge < -0.3 is 24.0 Å². The van der Waals surface area contributed by atoms with Crippen molar-refractivity contribution in [1.82, 2.24) is 19.4 Å². The van der Waals surface area contributed by atoms with E-state index in [1.807, 2.05) is 29.8 Å². The number of anilines is 1. The van der Waals surface area contributed by atoms with Crippen LogP contribution < -0.4 is 9.64 Å². The number of benzene rings is 2. The molecule has 1 N–H and O–H groups in total. The molecule has 6 rings (SSSR count). The van der Waals surface area contributed by atoms with Crippen LogP contribution in [0.25, 0.3) is 11.0 Å². The van der Waals surface area contributed by atoms with Crippen molar-refractivity contribution in [3.63, 3.8) is 0 Å². The summed E-state index contributed by atoms with van der Waals surface area (Å²) in [5.41, 5.74) is 4.33. The van der Waals surface area contributed by atoms with E-state index >= 15 is 0 Å². The Morgan fingerprint density at radius 2 is 1.91 bits per heavy atom. The maximum atomic E-state index is 14.3. The van der Waals surface area contributed by atoms with Crippen molar-refractivity contribution < 1.29 is 23.8 Å². The van der Waals surface area contributed by atoms with Gasteiger partial charge in [0.15, 0.2) is 0 Å². The Bertz CT molecular complexity index is 1690. The summed E-state index contributed by atoms with van der Waals surface area (Å²) < 4.78 is 27.6. The van der Waals surface area contributed by atoms with Crippen molar-refractivity contribution >= 4 is 22.7 Å². The number of nitriles is 1. The number of rotatable bonds is 8. The SMILES string of the molecule is Cn1c(CN2CCC(c3cccc(OCc4ccc(C#N)cc4F)n3)CC2)nc2c(N3CCOCC3)cc(C(=O)O)cc21. The number of aromatic nitrogens is 3. The van der Waals surface area contributed by atoms with Crippen LogP contribution >= 0.6 is 0 Å². The molecule has 2 aliphatic heterocycles. The zero-order chi connectivity index (χ0) is 29.9. The first-order chi connectivity index (χ1) is 20.9. The molecule has 0 spiro atoms. The lowest BCUT2D eigenvalue weighted by Gasteiger charge is -2.31. The van der Waals surface area contributed by atoms with E-state index in [2.05, 4.69) is 9.80 Å². The predicted octanol–water partition coefficient (Wildman–Crippen LogP) is 4.47. The molecule has 0 atom stereocenters. The van der Waals surface area contributed by atoms with Crippen molar-refractivity contribution in [2.45, 2.75) is 31.9 Å². The molecule has 0 amide bonds. The first-order valence-corrected chi connectivity index (χ1v) is 14.5. The van der Waals surface area contributed by atoms with E-state index in [0.29, 0.717) is 44.3 Å². The summed E-state index contributed by atoms with van der Waals surface area (Å²) in [6, 6.07) is 15.4. The lowest BCUT2D eigenvalue weighted by Crippen LogP contribution is -2.36. The lowest BCUT2D eigenvalue weighted by molar-refractivity contribution is 0.0697. The molecule has 0 radical (unpaired) electrons. The zero-order valence-corrected chi connectivity index (χ0v) is 24.0. The number of fused-ring (bicyclic) bond motifs is 1. The standard InChI is InChI=1S/C32H33FN6O4/c1-37-27-16-24(32(40)41)17-28(39-11-13-42-14-12-39)31(27)36-29(37)19-38-9-7-22(8-10-38)26-3-2-4-30(35-26)43-20-23-6-5-21(18-34)15-25(23)33/h2-6,15-17,22H,7-14,19-20H2,1H3,(H,40,41). The van der Waals surface area contributed by atoms with Crippen molar-refractivity contribution in [2.24, 2.45) is 7.05 Å². The van der Waals surface area contributed by atoms with Crippen molar-refractivity contribution in [3.8, 4) is 11.9 Å². The third-order valence-corrected chi connectivity index (χ3v) is 8.33. The van der Waals surface area contributed by atoms with Gasteiger partial charge in [0.05, 0.1) is 48.2 Å². The van der Waals surface area contributed by atoms with Crippen LogP contribution in [0.3, 0.4) is 0 Å². The molecule has 2 aromatic carbocycles. The second kappa shape index (κ2) is 12.4. The highest BCUT2D eigenvalue weighted by Crippen LogP contribution is 2.32. The number of carboxylic acids is 1. The molecule has 0 aliphatic carbocycles. The van der Waals surface area contributed by atoms with Crippen LogP contribution in [0, 0.1) is 17.1 Å². The number of piperidine rings is 1. The summed E-state index contributed by atoms with van der Waals surface area (Å²) in [4.78, 5) is 26.1. The number of carbonyl (C=O) groups is 1. The number of likely N-dealkylation sites (tertiary alicyclic amines) is 1. The molecule has 0 unspecified atom stereocenters. The van der Waals surface area contributed by atoms with E-state index < -0.39 is 11.8 Å². The summed E-state index contributed by atoms with van der Waals surface area (Å²) in [5, 5.41) is 18.7. The molecule has 2 aliphatic rings. The Labute approximate surface area is 248 Å². The Kier molecular flexibility index (Phi) is 8.22. The molecule has 4 aromatic rings. The van der Waals surface area contributed by atoms with Gasteiger partial charge in [-0.2, -0.15) is 5.26 Å². The van der Waals surface area contributed by atoms with E-state index in [0.717, 1.165) is 54.2 Å². The van der Waals surface area contributed by atoms with Crippen LogP contribution in [-0.4, -0.2) is 69.9 Å². The van der Waals surface area contributed by atoms with Gasteiger partial charge in [-0.25, -0.2) is 19.2 Å². The molecule has 4 heterocycles. The number of carboxylic acid groups (broad SMARTS) is 1. The fraction of sp³-hybridized carbons (Fsp3) is 0.375. The number of aromatic carboxylic acids is 1. The monoisotopic (exact) mass is 584 g/mol. The van der Waals surface area contributed by atoms with E-state index in [1.165, 1.54) is 6.07 Å². The summed E-state index contributed by atoms with van der Waals surface area (Å²) in [5.74, 6) is 0.195. The van der Waals surface area contributed by atoms with Crippen LogP contribution in [0.1, 0.15) is 51.8 Å². The second-order valence-electron chi connectivity index (χ2n) is 11.0. The summed E-state index contributed by atoms with van der Waals surface area (Å²) in [6.45, 7) is 5.04. The topological polar surface area (TPSA) is 117 Å². The number of halogens is 1. The summed E-state index contributed by atoms with van der Waals surface area (Å²) in [7, 11) is 1.95. The minimum absolute atomic E-state index is 0.0334. The van der Waals surface area contributed by atoms with Crippen molar-refractivity contribution in [3.05, 3.63) is 82.6 Å². The van der Waals surface area contributed by atoms with Crippen LogP contribution in [-0.2, 0) is 24.9 Å². The van der Waals surface area contributed by atoms with Crippen molar-refractivity contribution in [1.29, 1.82) is 5.26 Å². The van der Waals surface area contributed by atoms with E-state index in [9.17, 15) is 14.3 Å². The van der Waals surface area contributed by atoms with Crippen LogP contribution in [0.2, 0.25) is 0 Å². The summed E-state index contributed by atoms with van der Waals surface area (Å²) >= 11 is 0. The Morgan fingerprint density at radius 3 is 2.63 bits per heavy atom. The average molecular weight is 585 g/mol. The minimum Gasteiger partial charge on any atom is -0.478 e. The first-order valence-electron chi connectivity index (χ1n) is 14.5. The number of morpholine rings is 1. The van der Waals surface area contributed by atoms with Crippen LogP contribution in [0.5, 0.6) is 5.88 Å². The molecular formula is C32H33FN6O4. The smallest absolute Gasteiger partial charge is 0.335 e. The van der Waals surface area contributed by atoms with E-state index in [-0.39, 0.29) is 23.7 Å². The van der Waals surface area contributed by atoms with Gasteiger partial charge in [0.1, 0.15) is 23.8 Å². The molecule has 11 heteroatoms. The van der Waals surface area contributed by atoms with Gasteiger partial charge in [-0.05, 0) is 56.3 Å². The number of hydrogen-bond donors (Lipinski definition) is 1. The van der Waals surface area contributed by atoms with Gasteiger partial charge in [0.2, 0.25) is 5.88 Å². The predicted molar refractivity (Wildman–Crippen MR) is 158 cm³/mol. The van der Waals surface area contributed by atoms with Crippen molar-refractivity contribution in [2.75, 3.05) is 44.3 Å². The molecule has 2 saturated heterocycles. The van der Waals surface area contributed by atoms with Gasteiger partial charge in [-0.3, -0.25) is 4.90 Å². The number of hydrogen-bond acceptors (Lipinski definition) is 8. The Balaban J connectivity index is 1.11. The molecular weight excluding hydrogens is 551 g/mol. The highest BCUT2D eigenvalue weighted by molar-refractivity contribution is 5.98. The number of imidazole rings is 1. The molecule has 43 heavy (non-hydrogen) atoms. The largest absolute Gasteiger partial charge is 0.478 e. The second-order valence-corrected chi connectivity index (χ2v) is 11.0. The van der Waals surface area contributed by atoms with Gasteiger partial charge in [-0.15, -0.1) is 0 Å². The highest BCUT2D eigenvalue weighted by Gasteiger charge is 2.25. The molecule has 222 valence electrons. The van der Waals surface area contributed by atoms with E-state index in [4.69, 9.17) is 24.7 Å². The Hall–Kier alpha value is -4.53. The third kappa shape index (κ3) is 6.16. The zero-order valence-electron chi connectivity index (χ0n) is 24.0. The third-order valence-electron chi connectivity index (χ3n) is 8.33. The number of pyridine rings is 1. The lowest BCUT2D eigenvalue weighted by atomic mass is 9.93. The molecule has 10 nitrogen and oxygen atoms in total. The van der Waals surface area contributed by atoms with Crippen LogP contribution in [0.15, 0.2) is 48.5 Å². The van der Waals surface area contributed by atoms with Gasteiger partial charge in [-0.1, -0.05) is 12.1 Å². The quantitative estimate of drug-likeness (QED) is 0.320. The maximum absolute atomic E-state index is 14.3. The fourth-order valence-corrected chi connectivity index (χ4v) is 5.84. The first kappa shape index (κ1) is 28.6. The Morgan fingerprint density at radius 1 is 1.12 bits per heavy atom. The normalized spacial score (nSPS) is 16.3. The number of nitrogens with zero attached hydrogens (tertiary/aromatic N) is 6. The van der Waals surface area contributed by atoms with Gasteiger partial charge in [0.25, 0.3) is 0 Å². The van der Waals surface area contributed by atoms with E-state index in [1.54, 1.807) is 30.3 Å². The molecule has 2 aromatic heterocycles. The molecule has 0 bridgehead atoms. The molecule has 2 fully saturated rings. The van der Waals surface area contributed by atoms with Crippen LogP contribution in [0.4, 0.5) is 10.1 Å². The average Bonchev–Trinajstić information content (AvgIpc) is 3.35. The van der Waals surface area contributed by atoms with Gasteiger partial charge >= 0.3 is 5.97 Å². The van der Waals surface area contributed by atoms with Gasteiger partial charge in [0, 0.05) is 43.4 Å². The highest BCUT2D eigenvalue weighted by atomic mass is 19.1. The molecule has 0 saturated carbocycles. The fourth-order valence-electron chi connectivity index (χ4n) is 5.84.